The average molecular weight is 258 g/mol. The second kappa shape index (κ2) is 5.19. The summed E-state index contributed by atoms with van der Waals surface area (Å²) in [6.07, 6.45) is 4.83. The largest absolute Gasteiger partial charge is 0.348 e. The van der Waals surface area contributed by atoms with E-state index in [9.17, 15) is 4.79 Å². The molecule has 2 rings (SSSR count). The van der Waals surface area contributed by atoms with Gasteiger partial charge in [0.1, 0.15) is 0 Å². The highest BCUT2D eigenvalue weighted by molar-refractivity contribution is 7.17. The van der Waals surface area contributed by atoms with E-state index in [0.717, 1.165) is 6.42 Å². The first-order valence-electron chi connectivity index (χ1n) is 5.73. The van der Waals surface area contributed by atoms with E-state index < -0.39 is 0 Å². The summed E-state index contributed by atoms with van der Waals surface area (Å²) in [4.78, 5) is 12.6. The maximum Gasteiger partial charge on any atom is 0.261 e. The van der Waals surface area contributed by atoms with E-state index in [0.29, 0.717) is 21.2 Å². The van der Waals surface area contributed by atoms with Crippen molar-refractivity contribution >= 4 is 28.8 Å². The molecule has 88 valence electrons. The van der Waals surface area contributed by atoms with E-state index in [1.54, 1.807) is 12.1 Å². The molecule has 1 aromatic heterocycles. The highest BCUT2D eigenvalue weighted by Gasteiger charge is 2.23. The lowest BCUT2D eigenvalue weighted by Crippen LogP contribution is -2.40. The van der Waals surface area contributed by atoms with Crippen LogP contribution in [0.15, 0.2) is 12.1 Å². The molecule has 4 heteroatoms. The first-order chi connectivity index (χ1) is 7.66. The molecule has 1 N–H and O–H groups in total. The molecule has 0 aromatic carbocycles. The Morgan fingerprint density at radius 1 is 1.44 bits per heavy atom. The summed E-state index contributed by atoms with van der Waals surface area (Å²) in [7, 11) is 0. The maximum atomic E-state index is 11.9. The molecule has 0 saturated heterocycles. The number of amides is 1. The molecule has 0 unspecified atom stereocenters. The average Bonchev–Trinajstić information content (AvgIpc) is 2.68. The van der Waals surface area contributed by atoms with Gasteiger partial charge in [-0.3, -0.25) is 4.79 Å². The van der Waals surface area contributed by atoms with Gasteiger partial charge in [0.25, 0.3) is 5.91 Å². The van der Waals surface area contributed by atoms with Crippen LogP contribution in [0.5, 0.6) is 0 Å². The molecule has 1 aliphatic rings. The number of rotatable bonds is 2. The van der Waals surface area contributed by atoms with Crippen LogP contribution in [0.1, 0.15) is 42.3 Å². The number of thiophene rings is 1. The summed E-state index contributed by atoms with van der Waals surface area (Å²) >= 11 is 7.15. The Balaban J connectivity index is 1.96. The molecule has 2 atom stereocenters. The summed E-state index contributed by atoms with van der Waals surface area (Å²) in [6.45, 7) is 2.21. The number of hydrogen-bond donors (Lipinski definition) is 1. The van der Waals surface area contributed by atoms with E-state index in [-0.39, 0.29) is 5.91 Å². The standard InChI is InChI=1S/C12H16ClNOS/c1-8-4-2-3-5-9(8)14-12(15)10-6-7-11(13)16-10/h6-9H,2-5H2,1H3,(H,14,15)/t8-,9+/m1/s1. The van der Waals surface area contributed by atoms with Crippen molar-refractivity contribution in [2.24, 2.45) is 5.92 Å². The van der Waals surface area contributed by atoms with Gasteiger partial charge in [0.15, 0.2) is 0 Å². The van der Waals surface area contributed by atoms with Crippen molar-refractivity contribution < 1.29 is 4.79 Å². The first kappa shape index (κ1) is 11.9. The molecule has 0 bridgehead atoms. The Labute approximate surface area is 105 Å². The number of carbonyl (C=O) groups is 1. The first-order valence-corrected chi connectivity index (χ1v) is 6.92. The van der Waals surface area contributed by atoms with Gasteiger partial charge in [0, 0.05) is 6.04 Å². The number of nitrogens with one attached hydrogen (secondary N) is 1. The van der Waals surface area contributed by atoms with Crippen molar-refractivity contribution in [3.8, 4) is 0 Å². The fraction of sp³-hybridized carbons (Fsp3) is 0.583. The number of halogens is 1. The van der Waals surface area contributed by atoms with E-state index in [2.05, 4.69) is 12.2 Å². The molecule has 1 amide bonds. The van der Waals surface area contributed by atoms with E-state index in [1.165, 1.54) is 30.6 Å². The fourth-order valence-corrected chi connectivity index (χ4v) is 3.15. The molecule has 1 aromatic rings. The second-order valence-electron chi connectivity index (χ2n) is 4.45. The van der Waals surface area contributed by atoms with Crippen LogP contribution < -0.4 is 5.32 Å². The van der Waals surface area contributed by atoms with Crippen LogP contribution in [0.25, 0.3) is 0 Å². The van der Waals surface area contributed by atoms with E-state index in [1.807, 2.05) is 0 Å². The van der Waals surface area contributed by atoms with Crippen LogP contribution in [0, 0.1) is 5.92 Å². The zero-order valence-corrected chi connectivity index (χ0v) is 10.9. The minimum absolute atomic E-state index is 0.0238. The van der Waals surface area contributed by atoms with Crippen LogP contribution >= 0.6 is 22.9 Å². The van der Waals surface area contributed by atoms with Crippen LogP contribution in [0.2, 0.25) is 4.34 Å². The molecule has 16 heavy (non-hydrogen) atoms. The maximum absolute atomic E-state index is 11.9. The van der Waals surface area contributed by atoms with E-state index in [4.69, 9.17) is 11.6 Å². The van der Waals surface area contributed by atoms with Crippen LogP contribution in [0.3, 0.4) is 0 Å². The molecule has 0 radical (unpaired) electrons. The number of carbonyl (C=O) groups excluding carboxylic acids is 1. The summed E-state index contributed by atoms with van der Waals surface area (Å²) in [5.41, 5.74) is 0. The highest BCUT2D eigenvalue weighted by Crippen LogP contribution is 2.25. The Kier molecular flexibility index (Phi) is 3.87. The summed E-state index contributed by atoms with van der Waals surface area (Å²) in [6, 6.07) is 3.89. The second-order valence-corrected chi connectivity index (χ2v) is 6.16. The summed E-state index contributed by atoms with van der Waals surface area (Å²) in [5.74, 6) is 0.615. The topological polar surface area (TPSA) is 29.1 Å². The zero-order chi connectivity index (χ0) is 11.5. The molecule has 1 aliphatic carbocycles. The third-order valence-corrected chi connectivity index (χ3v) is 4.45. The Morgan fingerprint density at radius 3 is 2.81 bits per heavy atom. The molecule has 0 spiro atoms. The molecule has 2 nitrogen and oxygen atoms in total. The smallest absolute Gasteiger partial charge is 0.261 e. The summed E-state index contributed by atoms with van der Waals surface area (Å²) in [5, 5.41) is 3.11. The normalized spacial score (nSPS) is 25.4. The van der Waals surface area contributed by atoms with Crippen LogP contribution in [0.4, 0.5) is 0 Å². The van der Waals surface area contributed by atoms with Gasteiger partial charge in [-0.25, -0.2) is 0 Å². The zero-order valence-electron chi connectivity index (χ0n) is 9.33. The van der Waals surface area contributed by atoms with Crippen molar-refractivity contribution in [3.05, 3.63) is 21.3 Å². The van der Waals surface area contributed by atoms with Crippen molar-refractivity contribution in [1.82, 2.24) is 5.32 Å². The SMILES string of the molecule is C[C@@H]1CCCC[C@@H]1NC(=O)c1ccc(Cl)s1. The quantitative estimate of drug-likeness (QED) is 0.860. The molecule has 1 saturated carbocycles. The highest BCUT2D eigenvalue weighted by atomic mass is 35.5. The molecular formula is C12H16ClNOS. The molecule has 0 aliphatic heterocycles. The van der Waals surface area contributed by atoms with E-state index >= 15 is 0 Å². The van der Waals surface area contributed by atoms with Crippen LogP contribution in [-0.4, -0.2) is 11.9 Å². The van der Waals surface area contributed by atoms with Crippen molar-refractivity contribution in [1.29, 1.82) is 0 Å². The van der Waals surface area contributed by atoms with Gasteiger partial charge < -0.3 is 5.32 Å². The van der Waals surface area contributed by atoms with Gasteiger partial charge in [-0.15, -0.1) is 11.3 Å². The van der Waals surface area contributed by atoms with Crippen molar-refractivity contribution in [2.75, 3.05) is 0 Å². The van der Waals surface area contributed by atoms with Gasteiger partial charge in [-0.1, -0.05) is 31.4 Å². The minimum atomic E-state index is 0.0238. The van der Waals surface area contributed by atoms with Gasteiger partial charge in [0.2, 0.25) is 0 Å². The third-order valence-electron chi connectivity index (χ3n) is 3.22. The van der Waals surface area contributed by atoms with Gasteiger partial charge in [0.05, 0.1) is 9.21 Å². The Morgan fingerprint density at radius 2 is 2.19 bits per heavy atom. The lowest BCUT2D eigenvalue weighted by atomic mass is 9.86. The van der Waals surface area contributed by atoms with Gasteiger partial charge in [-0.2, -0.15) is 0 Å². The number of hydrogen-bond acceptors (Lipinski definition) is 2. The van der Waals surface area contributed by atoms with Crippen LogP contribution in [-0.2, 0) is 0 Å². The Bertz CT molecular complexity index is 377. The lowest BCUT2D eigenvalue weighted by Gasteiger charge is -2.29. The predicted molar refractivity (Wildman–Crippen MR) is 68.2 cm³/mol. The summed E-state index contributed by atoms with van der Waals surface area (Å²) < 4.78 is 0.668. The molecule has 1 heterocycles. The molecular weight excluding hydrogens is 242 g/mol. The minimum Gasteiger partial charge on any atom is -0.348 e. The predicted octanol–water partition coefficient (Wildman–Crippen LogP) is 3.71. The monoisotopic (exact) mass is 257 g/mol. The van der Waals surface area contributed by atoms with Gasteiger partial charge in [-0.05, 0) is 30.9 Å². The van der Waals surface area contributed by atoms with Gasteiger partial charge >= 0.3 is 0 Å². The lowest BCUT2D eigenvalue weighted by molar-refractivity contribution is 0.0914. The van der Waals surface area contributed by atoms with Crippen molar-refractivity contribution in [2.45, 2.75) is 38.6 Å². The fourth-order valence-electron chi connectivity index (χ4n) is 2.21. The van der Waals surface area contributed by atoms with Crippen molar-refractivity contribution in [3.63, 3.8) is 0 Å². The third kappa shape index (κ3) is 2.77. The molecule has 1 fully saturated rings. The Hall–Kier alpha value is -0.540.